The molecule has 1 unspecified atom stereocenters. The van der Waals surface area contributed by atoms with Gasteiger partial charge in [0.05, 0.1) is 41.8 Å². The quantitative estimate of drug-likeness (QED) is 0.291. The summed E-state index contributed by atoms with van der Waals surface area (Å²) in [4.78, 5) is 34.0. The third-order valence-corrected chi connectivity index (χ3v) is 7.08. The first-order valence-corrected chi connectivity index (χ1v) is 13.5. The predicted molar refractivity (Wildman–Crippen MR) is 147 cm³/mol. The Morgan fingerprint density at radius 1 is 1.05 bits per heavy atom. The lowest BCUT2D eigenvalue weighted by Crippen LogP contribution is -2.49. The molecule has 5 heterocycles. The van der Waals surface area contributed by atoms with Gasteiger partial charge in [0.2, 0.25) is 18.1 Å². The average Bonchev–Trinajstić information content (AvgIpc) is 3.68. The van der Waals surface area contributed by atoms with Crippen LogP contribution in [0.25, 0.3) is 22.6 Å². The van der Waals surface area contributed by atoms with Crippen LogP contribution in [0.5, 0.6) is 0 Å². The molecule has 0 bridgehead atoms. The monoisotopic (exact) mass is 559 g/mol. The van der Waals surface area contributed by atoms with E-state index in [1.54, 1.807) is 36.8 Å². The minimum absolute atomic E-state index is 0.0503. The zero-order valence-electron chi connectivity index (χ0n) is 22.5. The van der Waals surface area contributed by atoms with E-state index in [1.807, 2.05) is 19.1 Å². The van der Waals surface area contributed by atoms with Gasteiger partial charge in [-0.05, 0) is 62.2 Å². The molecule has 41 heavy (non-hydrogen) atoms. The highest BCUT2D eigenvalue weighted by Crippen LogP contribution is 2.35. The molecule has 0 saturated carbocycles. The molecule has 3 N–H and O–H groups in total. The smallest absolute Gasteiger partial charge is 0.230 e. The first-order valence-electron chi connectivity index (χ1n) is 13.5. The van der Waals surface area contributed by atoms with Gasteiger partial charge in [-0.1, -0.05) is 0 Å². The molecule has 1 atom stereocenters. The van der Waals surface area contributed by atoms with E-state index in [-0.39, 0.29) is 31.0 Å². The number of pyridine rings is 1. The van der Waals surface area contributed by atoms with Crippen LogP contribution >= 0.6 is 0 Å². The molecule has 1 amide bonds. The summed E-state index contributed by atoms with van der Waals surface area (Å²) in [5.41, 5.74) is 2.30. The third-order valence-electron chi connectivity index (χ3n) is 7.08. The summed E-state index contributed by atoms with van der Waals surface area (Å²) in [6.45, 7) is 3.30. The molecule has 1 aromatic carbocycles. The number of ether oxygens (including phenoxy) is 3. The number of carbonyl (C=O) groups excluding carboxylic acids is 1. The van der Waals surface area contributed by atoms with Crippen LogP contribution in [0.2, 0.25) is 0 Å². The molecular weight excluding hydrogens is 529 g/mol. The Bertz CT molecular complexity index is 1480. The Hall–Kier alpha value is -4.26. The molecule has 2 fully saturated rings. The largest absolute Gasteiger partial charge is 0.376 e. The van der Waals surface area contributed by atoms with E-state index in [2.05, 4.69) is 30.6 Å². The predicted octanol–water partition coefficient (Wildman–Crippen LogP) is 4.16. The lowest BCUT2D eigenvalue weighted by atomic mass is 9.91. The summed E-state index contributed by atoms with van der Waals surface area (Å²) >= 11 is 0. The number of nitrogens with zero attached hydrogens (tertiary/aromatic N) is 4. The van der Waals surface area contributed by atoms with Gasteiger partial charge in [0.15, 0.2) is 5.82 Å². The van der Waals surface area contributed by atoms with E-state index in [9.17, 15) is 9.18 Å². The number of aromatic nitrogens is 5. The van der Waals surface area contributed by atoms with Crippen LogP contribution in [0.1, 0.15) is 31.9 Å². The normalized spacial score (nSPS) is 22.4. The fourth-order valence-electron chi connectivity index (χ4n) is 4.75. The molecule has 2 aliphatic rings. The molecule has 12 heteroatoms. The maximum absolute atomic E-state index is 13.7. The van der Waals surface area contributed by atoms with Crippen molar-refractivity contribution in [3.8, 4) is 22.6 Å². The van der Waals surface area contributed by atoms with Crippen LogP contribution in [0.3, 0.4) is 0 Å². The van der Waals surface area contributed by atoms with Crippen molar-refractivity contribution >= 4 is 17.5 Å². The van der Waals surface area contributed by atoms with Crippen molar-refractivity contribution in [1.82, 2.24) is 30.2 Å². The molecule has 212 valence electrons. The number of rotatable bonds is 8. The van der Waals surface area contributed by atoms with Crippen LogP contribution in [0.4, 0.5) is 16.0 Å². The second-order valence-electron chi connectivity index (χ2n) is 10.3. The van der Waals surface area contributed by atoms with Crippen LogP contribution in [0.15, 0.2) is 61.1 Å². The number of benzene rings is 1. The van der Waals surface area contributed by atoms with Gasteiger partial charge in [-0.2, -0.15) is 0 Å². The minimum Gasteiger partial charge on any atom is -0.376 e. The van der Waals surface area contributed by atoms with Crippen molar-refractivity contribution in [2.24, 2.45) is 5.41 Å². The van der Waals surface area contributed by atoms with E-state index in [0.29, 0.717) is 41.0 Å². The summed E-state index contributed by atoms with van der Waals surface area (Å²) in [6.07, 6.45) is 6.14. The second kappa shape index (κ2) is 11.7. The SMILES string of the molecule is CC1(C(=O)NCC2CCCO2)COC(c2nc(-c3ccc(F)cc3)c(-c3ccnc(Nc4ccncc4)n3)[nH]2)OC1. The highest BCUT2D eigenvalue weighted by molar-refractivity contribution is 5.82. The van der Waals surface area contributed by atoms with E-state index in [0.717, 1.165) is 25.1 Å². The summed E-state index contributed by atoms with van der Waals surface area (Å²) in [7, 11) is 0. The van der Waals surface area contributed by atoms with E-state index in [4.69, 9.17) is 19.2 Å². The van der Waals surface area contributed by atoms with E-state index >= 15 is 0 Å². The zero-order chi connectivity index (χ0) is 28.2. The Kier molecular flexibility index (Phi) is 7.68. The summed E-state index contributed by atoms with van der Waals surface area (Å²) in [5, 5.41) is 6.13. The molecule has 0 aliphatic carbocycles. The summed E-state index contributed by atoms with van der Waals surface area (Å²) < 4.78 is 31.4. The molecule has 6 rings (SSSR count). The Balaban J connectivity index is 1.23. The van der Waals surface area contributed by atoms with Crippen molar-refractivity contribution in [2.75, 3.05) is 31.7 Å². The Morgan fingerprint density at radius 2 is 1.83 bits per heavy atom. The molecule has 4 aromatic rings. The van der Waals surface area contributed by atoms with Crippen LogP contribution < -0.4 is 10.6 Å². The fraction of sp³-hybridized carbons (Fsp3) is 0.345. The molecule has 2 aliphatic heterocycles. The number of halogens is 1. The number of anilines is 2. The minimum atomic E-state index is -0.857. The summed E-state index contributed by atoms with van der Waals surface area (Å²) in [5.74, 6) is 0.287. The van der Waals surface area contributed by atoms with Crippen molar-refractivity contribution in [1.29, 1.82) is 0 Å². The molecular formula is C29H30FN7O4. The van der Waals surface area contributed by atoms with Gasteiger partial charge in [-0.15, -0.1) is 0 Å². The standard InChI is InChI=1S/C29H30FN7O4/c1-29(27(38)33-15-21-3-2-14-39-21)16-40-26(41-17-29)25-36-23(18-4-6-19(30)7-5-18)24(37-25)22-10-13-32-28(35-22)34-20-8-11-31-12-9-20/h4-13,21,26H,2-3,14-17H2,1H3,(H,33,38)(H,36,37)(H,31,32,34,35). The molecule has 0 spiro atoms. The van der Waals surface area contributed by atoms with E-state index in [1.165, 1.54) is 12.1 Å². The van der Waals surface area contributed by atoms with Gasteiger partial charge in [0, 0.05) is 43.0 Å². The maximum Gasteiger partial charge on any atom is 0.230 e. The van der Waals surface area contributed by atoms with Crippen molar-refractivity contribution in [3.05, 3.63) is 72.7 Å². The van der Waals surface area contributed by atoms with Gasteiger partial charge in [-0.3, -0.25) is 9.78 Å². The molecule has 3 aromatic heterocycles. The van der Waals surface area contributed by atoms with Gasteiger partial charge >= 0.3 is 0 Å². The van der Waals surface area contributed by atoms with Crippen molar-refractivity contribution in [3.63, 3.8) is 0 Å². The average molecular weight is 560 g/mol. The number of amides is 1. The molecule has 2 saturated heterocycles. The number of nitrogens with one attached hydrogen (secondary N) is 3. The lowest BCUT2D eigenvalue weighted by molar-refractivity contribution is -0.231. The topological polar surface area (TPSA) is 136 Å². The first-order chi connectivity index (χ1) is 20.0. The fourth-order valence-corrected chi connectivity index (χ4v) is 4.75. The number of hydrogen-bond acceptors (Lipinski definition) is 9. The number of aromatic amines is 1. The van der Waals surface area contributed by atoms with Gasteiger partial charge < -0.3 is 29.8 Å². The third kappa shape index (κ3) is 6.09. The maximum atomic E-state index is 13.7. The van der Waals surface area contributed by atoms with Gasteiger partial charge in [-0.25, -0.2) is 19.3 Å². The van der Waals surface area contributed by atoms with Crippen LogP contribution in [-0.4, -0.2) is 63.3 Å². The highest BCUT2D eigenvalue weighted by atomic mass is 19.1. The highest BCUT2D eigenvalue weighted by Gasteiger charge is 2.41. The van der Waals surface area contributed by atoms with Crippen molar-refractivity contribution < 1.29 is 23.4 Å². The number of carbonyl (C=O) groups is 1. The molecule has 11 nitrogen and oxygen atoms in total. The first kappa shape index (κ1) is 26.9. The number of hydrogen-bond donors (Lipinski definition) is 3. The van der Waals surface area contributed by atoms with Crippen molar-refractivity contribution in [2.45, 2.75) is 32.2 Å². The zero-order valence-corrected chi connectivity index (χ0v) is 22.5. The number of H-pyrrole nitrogens is 1. The molecule has 0 radical (unpaired) electrons. The second-order valence-corrected chi connectivity index (χ2v) is 10.3. The lowest BCUT2D eigenvalue weighted by Gasteiger charge is -2.35. The Labute approximate surface area is 235 Å². The van der Waals surface area contributed by atoms with Crippen LogP contribution in [0, 0.1) is 11.2 Å². The van der Waals surface area contributed by atoms with Crippen LogP contribution in [-0.2, 0) is 19.0 Å². The number of imidazole rings is 1. The Morgan fingerprint density at radius 3 is 2.56 bits per heavy atom. The van der Waals surface area contributed by atoms with Gasteiger partial charge in [0.1, 0.15) is 5.82 Å². The van der Waals surface area contributed by atoms with Gasteiger partial charge in [0.25, 0.3) is 0 Å². The summed E-state index contributed by atoms with van der Waals surface area (Å²) in [6, 6.07) is 11.4. The van der Waals surface area contributed by atoms with E-state index < -0.39 is 11.7 Å².